The van der Waals surface area contributed by atoms with Crippen molar-refractivity contribution in [2.45, 2.75) is 30.2 Å². The Kier molecular flexibility index (Phi) is 7.72. The van der Waals surface area contributed by atoms with E-state index in [0.717, 1.165) is 9.13 Å². The molecule has 152 valence electrons. The third kappa shape index (κ3) is 4.61. The van der Waals surface area contributed by atoms with Crippen LogP contribution >= 0.6 is 35.0 Å². The molecule has 9 heteroatoms. The number of aliphatic carboxylic acids is 1. The summed E-state index contributed by atoms with van der Waals surface area (Å²) in [4.78, 5) is 11.0. The minimum absolute atomic E-state index is 0. The third-order valence-electron chi connectivity index (χ3n) is 4.68. The number of nitrogens with zero attached hydrogens (tertiary/aromatic N) is 1. The maximum atomic E-state index is 13.2. The van der Waals surface area contributed by atoms with E-state index in [9.17, 15) is 13.2 Å². The fourth-order valence-corrected chi connectivity index (χ4v) is 5.48. The lowest BCUT2D eigenvalue weighted by molar-refractivity contribution is -0.137. The molecule has 0 aromatic heterocycles. The van der Waals surface area contributed by atoms with Crippen LogP contribution in [0.25, 0.3) is 0 Å². The highest BCUT2D eigenvalue weighted by Gasteiger charge is 2.34. The molecule has 28 heavy (non-hydrogen) atoms. The number of sulfonamides is 1. The number of halogens is 2. The molecule has 6 nitrogen and oxygen atoms in total. The van der Waals surface area contributed by atoms with Crippen LogP contribution in [0.15, 0.2) is 47.4 Å². The standard InChI is InChI=1S/C19H21IN2O4S.ClH/c1-22-16-7-3-2-6-14(16)19(21-11-5-4-8-18(23)24)15-10-9-13(20)12-17(15)27(22,25)26;/h2-3,6-7,9-10,12,19,21H,4-5,8,11H2,1H3,(H,23,24);1H. The summed E-state index contributed by atoms with van der Waals surface area (Å²) in [5, 5.41) is 12.2. The van der Waals surface area contributed by atoms with Crippen molar-refractivity contribution < 1.29 is 18.3 Å². The fourth-order valence-electron chi connectivity index (χ4n) is 3.30. The lowest BCUT2D eigenvalue weighted by Crippen LogP contribution is -2.26. The Morgan fingerprint density at radius 3 is 2.61 bits per heavy atom. The monoisotopic (exact) mass is 536 g/mol. The Bertz CT molecular complexity index is 968. The summed E-state index contributed by atoms with van der Waals surface area (Å²) in [5.41, 5.74) is 2.25. The van der Waals surface area contributed by atoms with Gasteiger partial charge in [-0.05, 0) is 71.3 Å². The van der Waals surface area contributed by atoms with E-state index in [-0.39, 0.29) is 24.9 Å². The fraction of sp³-hybridized carbons (Fsp3) is 0.316. The second-order valence-electron chi connectivity index (χ2n) is 6.45. The van der Waals surface area contributed by atoms with Gasteiger partial charge in [0.1, 0.15) is 0 Å². The normalized spacial score (nSPS) is 17.1. The number of nitrogens with one attached hydrogen (secondary N) is 1. The smallest absolute Gasteiger partial charge is 0.303 e. The van der Waals surface area contributed by atoms with E-state index in [2.05, 4.69) is 27.9 Å². The first kappa shape index (κ1) is 22.9. The van der Waals surface area contributed by atoms with Gasteiger partial charge in [-0.2, -0.15) is 0 Å². The van der Waals surface area contributed by atoms with E-state index in [1.165, 1.54) is 4.31 Å². The quantitative estimate of drug-likeness (QED) is 0.433. The molecule has 2 aromatic carbocycles. The number of fused-ring (bicyclic) bond motifs is 2. The number of hydrogen-bond acceptors (Lipinski definition) is 4. The predicted molar refractivity (Wildman–Crippen MR) is 120 cm³/mol. The number of rotatable bonds is 6. The SMILES string of the molecule is CN1c2ccccc2C(NCCCCC(=O)O)c2ccc(I)cc2S1(=O)=O.Cl. The molecule has 0 amide bonds. The summed E-state index contributed by atoms with van der Waals surface area (Å²) < 4.78 is 28.5. The molecule has 1 heterocycles. The van der Waals surface area contributed by atoms with Gasteiger partial charge in [0.2, 0.25) is 0 Å². The molecule has 0 fully saturated rings. The van der Waals surface area contributed by atoms with Gasteiger partial charge in [0.15, 0.2) is 0 Å². The van der Waals surface area contributed by atoms with Crippen molar-refractivity contribution in [2.24, 2.45) is 0 Å². The van der Waals surface area contributed by atoms with Gasteiger partial charge in [0, 0.05) is 17.0 Å². The van der Waals surface area contributed by atoms with Crippen molar-refractivity contribution in [3.05, 3.63) is 57.2 Å². The van der Waals surface area contributed by atoms with Crippen LogP contribution in [-0.4, -0.2) is 33.1 Å². The van der Waals surface area contributed by atoms with Crippen LogP contribution in [0.2, 0.25) is 0 Å². The first-order valence-electron chi connectivity index (χ1n) is 8.65. The molecule has 0 bridgehead atoms. The van der Waals surface area contributed by atoms with E-state index >= 15 is 0 Å². The van der Waals surface area contributed by atoms with Gasteiger partial charge in [0.25, 0.3) is 10.0 Å². The first-order valence-corrected chi connectivity index (χ1v) is 11.2. The number of benzene rings is 2. The van der Waals surface area contributed by atoms with Gasteiger partial charge in [-0.1, -0.05) is 24.3 Å². The molecule has 1 atom stereocenters. The van der Waals surface area contributed by atoms with Crippen molar-refractivity contribution in [3.63, 3.8) is 0 Å². The average molecular weight is 537 g/mol. The van der Waals surface area contributed by atoms with Gasteiger partial charge < -0.3 is 10.4 Å². The highest BCUT2D eigenvalue weighted by atomic mass is 127. The highest BCUT2D eigenvalue weighted by molar-refractivity contribution is 14.1. The van der Waals surface area contributed by atoms with E-state index in [0.29, 0.717) is 35.5 Å². The minimum Gasteiger partial charge on any atom is -0.481 e. The van der Waals surface area contributed by atoms with E-state index in [1.54, 1.807) is 13.1 Å². The van der Waals surface area contributed by atoms with Crippen LogP contribution < -0.4 is 9.62 Å². The van der Waals surface area contributed by atoms with E-state index < -0.39 is 16.0 Å². The summed E-state index contributed by atoms with van der Waals surface area (Å²) in [6.45, 7) is 0.599. The highest BCUT2D eigenvalue weighted by Crippen LogP contribution is 2.40. The number of carboxylic acids is 1. The molecule has 0 saturated carbocycles. The molecule has 0 spiro atoms. The predicted octanol–water partition coefficient (Wildman–Crippen LogP) is 3.79. The van der Waals surface area contributed by atoms with Gasteiger partial charge in [0.05, 0.1) is 16.6 Å². The molecule has 2 aromatic rings. The van der Waals surface area contributed by atoms with Gasteiger partial charge in [-0.3, -0.25) is 9.10 Å². The average Bonchev–Trinajstić information content (AvgIpc) is 2.70. The number of hydrogen-bond donors (Lipinski definition) is 2. The molecular formula is C19H22ClIN2O4S. The molecule has 3 rings (SSSR count). The van der Waals surface area contributed by atoms with E-state index in [4.69, 9.17) is 5.11 Å². The van der Waals surface area contributed by atoms with Crippen LogP contribution in [0.3, 0.4) is 0 Å². The van der Waals surface area contributed by atoms with Crippen LogP contribution in [0.1, 0.15) is 36.4 Å². The molecule has 1 aliphatic heterocycles. The number of anilines is 1. The Balaban J connectivity index is 0.00000280. The van der Waals surface area contributed by atoms with Crippen LogP contribution in [0.4, 0.5) is 5.69 Å². The summed E-state index contributed by atoms with van der Waals surface area (Å²) in [6.07, 6.45) is 1.41. The molecular weight excluding hydrogens is 515 g/mol. The van der Waals surface area contributed by atoms with Crippen molar-refractivity contribution >= 4 is 56.7 Å². The van der Waals surface area contributed by atoms with Crippen LogP contribution in [0.5, 0.6) is 0 Å². The molecule has 2 N–H and O–H groups in total. The summed E-state index contributed by atoms with van der Waals surface area (Å²) in [5.74, 6) is -0.803. The van der Waals surface area contributed by atoms with Crippen LogP contribution in [-0.2, 0) is 14.8 Å². The lowest BCUT2D eigenvalue weighted by Gasteiger charge is -2.22. The zero-order valence-electron chi connectivity index (χ0n) is 15.3. The van der Waals surface area contributed by atoms with Crippen molar-refractivity contribution in [1.82, 2.24) is 5.32 Å². The summed E-state index contributed by atoms with van der Waals surface area (Å²) in [6, 6.07) is 12.7. The molecule has 1 unspecified atom stereocenters. The molecule has 0 aliphatic carbocycles. The number of carboxylic acid groups (broad SMARTS) is 1. The third-order valence-corrected chi connectivity index (χ3v) is 7.18. The Hall–Kier alpha value is -1.36. The van der Waals surface area contributed by atoms with Gasteiger partial charge in [-0.25, -0.2) is 8.42 Å². The van der Waals surface area contributed by atoms with Crippen molar-refractivity contribution in [1.29, 1.82) is 0 Å². The second-order valence-corrected chi connectivity index (χ2v) is 9.63. The topological polar surface area (TPSA) is 86.7 Å². The van der Waals surface area contributed by atoms with Crippen LogP contribution in [0, 0.1) is 3.57 Å². The second kappa shape index (κ2) is 9.43. The Labute approximate surface area is 184 Å². The van der Waals surface area contributed by atoms with Crippen molar-refractivity contribution in [2.75, 3.05) is 17.9 Å². The number of carbonyl (C=O) groups is 1. The largest absolute Gasteiger partial charge is 0.481 e. The Morgan fingerprint density at radius 2 is 1.89 bits per heavy atom. The zero-order valence-corrected chi connectivity index (χ0v) is 19.1. The lowest BCUT2D eigenvalue weighted by atomic mass is 9.96. The molecule has 0 saturated heterocycles. The Morgan fingerprint density at radius 1 is 1.18 bits per heavy atom. The zero-order chi connectivity index (χ0) is 19.6. The minimum atomic E-state index is -3.66. The van der Waals surface area contributed by atoms with Crippen molar-refractivity contribution in [3.8, 4) is 0 Å². The molecule has 0 radical (unpaired) electrons. The first-order chi connectivity index (χ1) is 12.8. The maximum absolute atomic E-state index is 13.2. The summed E-state index contributed by atoms with van der Waals surface area (Å²) in [7, 11) is -2.09. The molecule has 1 aliphatic rings. The maximum Gasteiger partial charge on any atom is 0.303 e. The van der Waals surface area contributed by atoms with E-state index in [1.807, 2.05) is 36.4 Å². The number of para-hydroxylation sites is 1. The van der Waals surface area contributed by atoms with Gasteiger partial charge in [-0.15, -0.1) is 12.4 Å². The summed E-state index contributed by atoms with van der Waals surface area (Å²) >= 11 is 2.12. The van der Waals surface area contributed by atoms with Gasteiger partial charge >= 0.3 is 5.97 Å². The number of unbranched alkanes of at least 4 members (excludes halogenated alkanes) is 1.